The van der Waals surface area contributed by atoms with Crippen molar-refractivity contribution in [3.8, 4) is 5.75 Å². The van der Waals surface area contributed by atoms with Crippen LogP contribution in [0, 0.1) is 6.92 Å². The van der Waals surface area contributed by atoms with Gasteiger partial charge in [-0.25, -0.2) is 0 Å². The highest BCUT2D eigenvalue weighted by Crippen LogP contribution is 2.33. The lowest BCUT2D eigenvalue weighted by molar-refractivity contribution is 0.445. The van der Waals surface area contributed by atoms with E-state index in [1.807, 2.05) is 6.07 Å². The van der Waals surface area contributed by atoms with Crippen LogP contribution in [0.1, 0.15) is 95.8 Å². The van der Waals surface area contributed by atoms with Crippen molar-refractivity contribution in [3.63, 3.8) is 0 Å². The second-order valence-electron chi connectivity index (χ2n) is 7.77. The largest absolute Gasteiger partial charge is 0.508 e. The summed E-state index contributed by atoms with van der Waals surface area (Å²) in [4.78, 5) is 0. The van der Waals surface area contributed by atoms with Crippen LogP contribution in [-0.2, 0) is 11.8 Å². The van der Waals surface area contributed by atoms with Crippen molar-refractivity contribution < 1.29 is 5.11 Å². The number of hydrogen-bond donors (Lipinski definition) is 1. The molecule has 1 heteroatoms. The molecule has 1 aromatic carbocycles. The summed E-state index contributed by atoms with van der Waals surface area (Å²) >= 11 is 0. The summed E-state index contributed by atoms with van der Waals surface area (Å²) in [6, 6.07) is 4.17. The number of aromatic hydroxyl groups is 1. The van der Waals surface area contributed by atoms with E-state index >= 15 is 0 Å². The van der Waals surface area contributed by atoms with Gasteiger partial charge in [0.25, 0.3) is 0 Å². The molecule has 0 saturated heterocycles. The summed E-state index contributed by atoms with van der Waals surface area (Å²) in [6.45, 7) is 10.9. The van der Waals surface area contributed by atoms with E-state index in [9.17, 15) is 5.11 Å². The first-order valence-electron chi connectivity index (χ1n) is 9.19. The average molecular weight is 305 g/mol. The Hall–Kier alpha value is -0.980. The van der Waals surface area contributed by atoms with Crippen molar-refractivity contribution >= 4 is 0 Å². The lowest BCUT2D eigenvalue weighted by Gasteiger charge is -2.22. The van der Waals surface area contributed by atoms with E-state index in [-0.39, 0.29) is 5.41 Å². The molecular formula is C21H36O. The minimum atomic E-state index is 0.00576. The molecule has 1 nitrogen and oxygen atoms in total. The zero-order valence-electron chi connectivity index (χ0n) is 15.5. The zero-order valence-corrected chi connectivity index (χ0v) is 15.5. The van der Waals surface area contributed by atoms with Crippen LogP contribution in [-0.4, -0.2) is 5.11 Å². The summed E-state index contributed by atoms with van der Waals surface area (Å²) in [6.07, 6.45) is 12.0. The average Bonchev–Trinajstić information content (AvgIpc) is 2.42. The summed E-state index contributed by atoms with van der Waals surface area (Å²) in [5.74, 6) is 0.449. The van der Waals surface area contributed by atoms with Crippen LogP contribution in [0.5, 0.6) is 5.75 Å². The van der Waals surface area contributed by atoms with Crippen LogP contribution >= 0.6 is 0 Å². The Balaban J connectivity index is 2.43. The summed E-state index contributed by atoms with van der Waals surface area (Å²) in [5, 5.41) is 10.2. The van der Waals surface area contributed by atoms with Gasteiger partial charge >= 0.3 is 0 Å². The van der Waals surface area contributed by atoms with Crippen molar-refractivity contribution in [1.29, 1.82) is 0 Å². The Kier molecular flexibility index (Phi) is 8.00. The van der Waals surface area contributed by atoms with E-state index in [2.05, 4.69) is 40.7 Å². The molecule has 0 aliphatic rings. The van der Waals surface area contributed by atoms with Gasteiger partial charge in [-0.2, -0.15) is 0 Å². The predicted molar refractivity (Wildman–Crippen MR) is 97.9 cm³/mol. The van der Waals surface area contributed by atoms with Crippen LogP contribution in [0.3, 0.4) is 0 Å². The van der Waals surface area contributed by atoms with Crippen LogP contribution in [0.2, 0.25) is 0 Å². The van der Waals surface area contributed by atoms with Gasteiger partial charge in [-0.15, -0.1) is 0 Å². The Morgan fingerprint density at radius 3 is 1.95 bits per heavy atom. The third-order valence-corrected chi connectivity index (χ3v) is 4.56. The van der Waals surface area contributed by atoms with E-state index < -0.39 is 0 Å². The molecule has 0 spiro atoms. The van der Waals surface area contributed by atoms with E-state index in [0.717, 1.165) is 12.0 Å². The standard InChI is InChI=1S/C21H36O/c1-6-7-8-9-10-11-12-13-14-18-16-19(21(3,4)5)20(22)15-17(18)2/h15-16,22H,6-14H2,1-5H3. The molecule has 0 amide bonds. The molecule has 0 aliphatic carbocycles. The van der Waals surface area contributed by atoms with Gasteiger partial charge in [0.15, 0.2) is 0 Å². The van der Waals surface area contributed by atoms with Crippen molar-refractivity contribution in [2.45, 2.75) is 97.8 Å². The highest BCUT2D eigenvalue weighted by Gasteiger charge is 2.19. The highest BCUT2D eigenvalue weighted by molar-refractivity contribution is 5.44. The third-order valence-electron chi connectivity index (χ3n) is 4.56. The Bertz CT molecular complexity index is 440. The molecule has 126 valence electrons. The topological polar surface area (TPSA) is 20.2 Å². The van der Waals surface area contributed by atoms with Crippen molar-refractivity contribution in [2.24, 2.45) is 0 Å². The minimum absolute atomic E-state index is 0.00576. The van der Waals surface area contributed by atoms with Gasteiger partial charge < -0.3 is 5.11 Å². The third kappa shape index (κ3) is 6.42. The lowest BCUT2D eigenvalue weighted by atomic mass is 9.83. The van der Waals surface area contributed by atoms with E-state index in [1.165, 1.54) is 62.5 Å². The number of benzene rings is 1. The molecule has 1 N–H and O–H groups in total. The van der Waals surface area contributed by atoms with E-state index in [0.29, 0.717) is 5.75 Å². The number of aryl methyl sites for hydroxylation is 2. The zero-order chi connectivity index (χ0) is 16.6. The van der Waals surface area contributed by atoms with Crippen LogP contribution in [0.4, 0.5) is 0 Å². The van der Waals surface area contributed by atoms with Gasteiger partial charge in [-0.05, 0) is 47.9 Å². The van der Waals surface area contributed by atoms with Gasteiger partial charge in [0, 0.05) is 0 Å². The molecule has 0 unspecified atom stereocenters. The Morgan fingerprint density at radius 1 is 0.864 bits per heavy atom. The molecular weight excluding hydrogens is 268 g/mol. The van der Waals surface area contributed by atoms with Gasteiger partial charge in [0.1, 0.15) is 5.75 Å². The number of unbranched alkanes of at least 4 members (excludes halogenated alkanes) is 7. The maximum atomic E-state index is 10.2. The summed E-state index contributed by atoms with van der Waals surface area (Å²) in [7, 11) is 0. The molecule has 0 bridgehead atoms. The fourth-order valence-electron chi connectivity index (χ4n) is 3.06. The van der Waals surface area contributed by atoms with Crippen LogP contribution in [0.15, 0.2) is 12.1 Å². The normalized spacial score (nSPS) is 11.9. The van der Waals surface area contributed by atoms with Crippen molar-refractivity contribution in [1.82, 2.24) is 0 Å². The molecule has 1 rings (SSSR count). The molecule has 0 aromatic heterocycles. The minimum Gasteiger partial charge on any atom is -0.508 e. The quantitative estimate of drug-likeness (QED) is 0.504. The molecule has 0 radical (unpaired) electrons. The smallest absolute Gasteiger partial charge is 0.119 e. The Morgan fingerprint density at radius 2 is 1.41 bits per heavy atom. The first-order chi connectivity index (χ1) is 10.4. The number of rotatable bonds is 9. The SMILES string of the molecule is CCCCCCCCCCc1cc(C(C)(C)C)c(O)cc1C. The monoisotopic (exact) mass is 304 g/mol. The fraction of sp³-hybridized carbons (Fsp3) is 0.714. The first kappa shape index (κ1) is 19.1. The number of hydrogen-bond acceptors (Lipinski definition) is 1. The molecule has 22 heavy (non-hydrogen) atoms. The van der Waals surface area contributed by atoms with Crippen LogP contribution < -0.4 is 0 Å². The lowest BCUT2D eigenvalue weighted by Crippen LogP contribution is -2.12. The van der Waals surface area contributed by atoms with Crippen LogP contribution in [0.25, 0.3) is 0 Å². The van der Waals surface area contributed by atoms with Gasteiger partial charge in [-0.1, -0.05) is 78.7 Å². The predicted octanol–water partition coefficient (Wildman–Crippen LogP) is 6.68. The van der Waals surface area contributed by atoms with E-state index in [4.69, 9.17) is 0 Å². The highest BCUT2D eigenvalue weighted by atomic mass is 16.3. The maximum Gasteiger partial charge on any atom is 0.119 e. The molecule has 0 fully saturated rings. The van der Waals surface area contributed by atoms with Crippen molar-refractivity contribution in [2.75, 3.05) is 0 Å². The first-order valence-corrected chi connectivity index (χ1v) is 9.19. The maximum absolute atomic E-state index is 10.2. The summed E-state index contributed by atoms with van der Waals surface area (Å²) in [5.41, 5.74) is 3.72. The Labute approximate surface area is 138 Å². The van der Waals surface area contributed by atoms with Gasteiger partial charge in [-0.3, -0.25) is 0 Å². The molecule has 0 aliphatic heterocycles. The second-order valence-corrected chi connectivity index (χ2v) is 7.77. The second kappa shape index (κ2) is 9.22. The number of phenolic OH excluding ortho intramolecular Hbond substituents is 1. The number of phenols is 1. The molecule has 1 aromatic rings. The van der Waals surface area contributed by atoms with Gasteiger partial charge in [0.05, 0.1) is 0 Å². The van der Waals surface area contributed by atoms with Crippen molar-refractivity contribution in [3.05, 3.63) is 28.8 Å². The summed E-state index contributed by atoms with van der Waals surface area (Å²) < 4.78 is 0. The van der Waals surface area contributed by atoms with E-state index in [1.54, 1.807) is 0 Å². The molecule has 0 saturated carbocycles. The molecule has 0 atom stereocenters. The fourth-order valence-corrected chi connectivity index (χ4v) is 3.06. The van der Waals surface area contributed by atoms with Gasteiger partial charge in [0.2, 0.25) is 0 Å². The molecule has 0 heterocycles.